The number of aromatic nitrogens is 2. The summed E-state index contributed by atoms with van der Waals surface area (Å²) in [5, 5.41) is 7.62. The summed E-state index contributed by atoms with van der Waals surface area (Å²) < 4.78 is 10.6. The van der Waals surface area contributed by atoms with E-state index in [-0.39, 0.29) is 12.4 Å². The van der Waals surface area contributed by atoms with Gasteiger partial charge in [0, 0.05) is 18.3 Å². The van der Waals surface area contributed by atoms with Gasteiger partial charge in [-0.15, -0.1) is 0 Å². The van der Waals surface area contributed by atoms with Crippen LogP contribution in [0.5, 0.6) is 0 Å². The Kier molecular flexibility index (Phi) is 9.67. The fourth-order valence-electron chi connectivity index (χ4n) is 2.54. The first-order valence-electron chi connectivity index (χ1n) is 10.5. The molecule has 0 aliphatic rings. The predicted octanol–water partition coefficient (Wildman–Crippen LogP) is 2.61. The van der Waals surface area contributed by atoms with Gasteiger partial charge >= 0.3 is 18.1 Å². The third-order valence-electron chi connectivity index (χ3n) is 3.69. The molecule has 3 amide bonds. The van der Waals surface area contributed by atoms with E-state index in [1.165, 1.54) is 6.07 Å². The highest BCUT2D eigenvalue weighted by molar-refractivity contribution is 5.91. The Morgan fingerprint density at radius 1 is 1.06 bits per heavy atom. The molecule has 1 atom stereocenters. The molecule has 1 aromatic rings. The monoisotopic (exact) mass is 453 g/mol. The Hall–Kier alpha value is -3.11. The maximum atomic E-state index is 12.6. The molecule has 11 nitrogen and oxygen atoms in total. The van der Waals surface area contributed by atoms with Gasteiger partial charge in [-0.2, -0.15) is 0 Å². The molecule has 0 fully saturated rings. The van der Waals surface area contributed by atoms with E-state index < -0.39 is 40.9 Å². The summed E-state index contributed by atoms with van der Waals surface area (Å²) in [6, 6.07) is -0.341. The van der Waals surface area contributed by atoms with E-state index in [9.17, 15) is 19.2 Å². The van der Waals surface area contributed by atoms with Gasteiger partial charge in [0.05, 0.1) is 0 Å². The van der Waals surface area contributed by atoms with Crippen LogP contribution in [0.1, 0.15) is 66.5 Å². The lowest BCUT2D eigenvalue weighted by Crippen LogP contribution is -2.46. The van der Waals surface area contributed by atoms with Gasteiger partial charge in [-0.25, -0.2) is 19.4 Å². The van der Waals surface area contributed by atoms with Gasteiger partial charge in [0.2, 0.25) is 5.95 Å². The van der Waals surface area contributed by atoms with E-state index in [0.717, 1.165) is 0 Å². The number of anilines is 1. The van der Waals surface area contributed by atoms with Crippen molar-refractivity contribution < 1.29 is 23.9 Å². The standard InChI is InChI=1S/C21H35N5O6/c1-13-12-15(27)25-17(23-13)26-18(29)24-14(16(28)31-20(2,3)4)10-8-9-11-22-19(30)32-21(5,6)7/h12,14H,8-11H2,1-7H3,(H,22,30)(H3,23,24,25,26,27,29)/t14-/m0/s1. The van der Waals surface area contributed by atoms with Gasteiger partial charge in [-0.1, -0.05) is 0 Å². The summed E-state index contributed by atoms with van der Waals surface area (Å²) in [4.78, 5) is 54.5. The van der Waals surface area contributed by atoms with Crippen LogP contribution in [0.25, 0.3) is 0 Å². The highest BCUT2D eigenvalue weighted by Crippen LogP contribution is 2.12. The van der Waals surface area contributed by atoms with Gasteiger partial charge in [-0.05, 0) is 67.7 Å². The number of nitrogens with one attached hydrogen (secondary N) is 4. The lowest BCUT2D eigenvalue weighted by Gasteiger charge is -2.24. The minimum atomic E-state index is -0.924. The largest absolute Gasteiger partial charge is 0.458 e. The second-order valence-corrected chi connectivity index (χ2v) is 9.34. The zero-order valence-corrected chi connectivity index (χ0v) is 19.9. The van der Waals surface area contributed by atoms with E-state index in [1.54, 1.807) is 48.5 Å². The SMILES string of the molecule is Cc1cc(=O)[nH]c(NC(=O)N[C@@H](CCCCNC(=O)OC(C)(C)C)C(=O)OC(C)(C)C)n1. The minimum Gasteiger partial charge on any atom is -0.458 e. The van der Waals surface area contributed by atoms with Crippen LogP contribution in [0.4, 0.5) is 15.5 Å². The molecule has 0 saturated carbocycles. The summed E-state index contributed by atoms with van der Waals surface area (Å²) in [6.07, 6.45) is 0.864. The van der Waals surface area contributed by atoms with Gasteiger partial charge in [0.25, 0.3) is 5.56 Å². The van der Waals surface area contributed by atoms with Crippen molar-refractivity contribution in [1.29, 1.82) is 0 Å². The van der Waals surface area contributed by atoms with Crippen LogP contribution in [-0.4, -0.2) is 51.9 Å². The molecular formula is C21H35N5O6. The average molecular weight is 454 g/mol. The fraction of sp³-hybridized carbons (Fsp3) is 0.667. The number of H-pyrrole nitrogens is 1. The van der Waals surface area contributed by atoms with Crippen molar-refractivity contribution in [1.82, 2.24) is 20.6 Å². The molecule has 1 rings (SSSR count). The second-order valence-electron chi connectivity index (χ2n) is 9.34. The van der Waals surface area contributed by atoms with Gasteiger partial charge < -0.3 is 20.1 Å². The molecule has 0 spiro atoms. The molecule has 4 N–H and O–H groups in total. The number of ether oxygens (including phenoxy) is 2. The number of hydrogen-bond donors (Lipinski definition) is 4. The lowest BCUT2D eigenvalue weighted by molar-refractivity contribution is -0.157. The lowest BCUT2D eigenvalue weighted by atomic mass is 10.1. The number of rotatable bonds is 8. The van der Waals surface area contributed by atoms with Gasteiger partial charge in [0.1, 0.15) is 17.2 Å². The van der Waals surface area contributed by atoms with E-state index in [4.69, 9.17) is 9.47 Å². The van der Waals surface area contributed by atoms with Crippen molar-refractivity contribution in [3.05, 3.63) is 22.1 Å². The molecule has 0 aliphatic heterocycles. The zero-order chi connectivity index (χ0) is 24.5. The van der Waals surface area contributed by atoms with Crippen LogP contribution >= 0.6 is 0 Å². The molecule has 11 heteroatoms. The number of amides is 3. The fourth-order valence-corrected chi connectivity index (χ4v) is 2.54. The Bertz CT molecular complexity index is 853. The number of hydrogen-bond acceptors (Lipinski definition) is 7. The summed E-state index contributed by atoms with van der Waals surface area (Å²) in [5.41, 5.74) is -1.28. The molecule has 1 aromatic heterocycles. The molecule has 1 heterocycles. The van der Waals surface area contributed by atoms with Crippen molar-refractivity contribution in [3.63, 3.8) is 0 Å². The third kappa shape index (κ3) is 11.9. The van der Waals surface area contributed by atoms with Crippen LogP contribution in [0, 0.1) is 6.92 Å². The number of carbonyl (C=O) groups excluding carboxylic acids is 3. The Labute approximate surface area is 188 Å². The third-order valence-corrected chi connectivity index (χ3v) is 3.69. The summed E-state index contributed by atoms with van der Waals surface area (Å²) >= 11 is 0. The van der Waals surface area contributed by atoms with E-state index in [1.807, 2.05) is 0 Å². The average Bonchev–Trinajstić information content (AvgIpc) is 2.56. The first kappa shape index (κ1) is 26.9. The van der Waals surface area contributed by atoms with Crippen LogP contribution in [-0.2, 0) is 14.3 Å². The van der Waals surface area contributed by atoms with Crippen LogP contribution in [0.15, 0.2) is 10.9 Å². The number of aryl methyl sites for hydroxylation is 1. The molecular weight excluding hydrogens is 418 g/mol. The van der Waals surface area contributed by atoms with Crippen LogP contribution < -0.4 is 21.5 Å². The number of alkyl carbamates (subject to hydrolysis) is 1. The highest BCUT2D eigenvalue weighted by Gasteiger charge is 2.26. The predicted molar refractivity (Wildman–Crippen MR) is 119 cm³/mol. The number of carbonyl (C=O) groups is 3. The number of aromatic amines is 1. The highest BCUT2D eigenvalue weighted by atomic mass is 16.6. The quantitative estimate of drug-likeness (QED) is 0.349. The minimum absolute atomic E-state index is 0.0306. The number of esters is 1. The normalized spacial score (nSPS) is 12.5. The van der Waals surface area contributed by atoms with Crippen LogP contribution in [0.3, 0.4) is 0 Å². The Morgan fingerprint density at radius 3 is 2.25 bits per heavy atom. The summed E-state index contributed by atoms with van der Waals surface area (Å²) in [7, 11) is 0. The topological polar surface area (TPSA) is 152 Å². The first-order valence-corrected chi connectivity index (χ1v) is 10.5. The molecule has 0 saturated heterocycles. The van der Waals surface area contributed by atoms with E-state index >= 15 is 0 Å². The smallest absolute Gasteiger partial charge is 0.407 e. The van der Waals surface area contributed by atoms with Crippen molar-refractivity contribution in [3.8, 4) is 0 Å². The zero-order valence-electron chi connectivity index (χ0n) is 19.9. The van der Waals surface area contributed by atoms with E-state index in [2.05, 4.69) is 25.9 Å². The van der Waals surface area contributed by atoms with Crippen LogP contribution in [0.2, 0.25) is 0 Å². The molecule has 0 radical (unpaired) electrons. The van der Waals surface area contributed by atoms with Gasteiger partial charge in [0.15, 0.2) is 0 Å². The molecule has 0 aromatic carbocycles. The van der Waals surface area contributed by atoms with Gasteiger partial charge in [-0.3, -0.25) is 15.1 Å². The van der Waals surface area contributed by atoms with Crippen molar-refractivity contribution >= 4 is 24.0 Å². The molecule has 0 aliphatic carbocycles. The van der Waals surface area contributed by atoms with Crippen molar-refractivity contribution in [2.24, 2.45) is 0 Å². The Morgan fingerprint density at radius 2 is 1.69 bits per heavy atom. The summed E-state index contributed by atoms with van der Waals surface area (Å²) in [6.45, 7) is 12.5. The second kappa shape index (κ2) is 11.5. The molecule has 0 bridgehead atoms. The number of nitrogens with zero attached hydrogens (tertiary/aromatic N) is 1. The molecule has 32 heavy (non-hydrogen) atoms. The Balaban J connectivity index is 2.64. The first-order chi connectivity index (χ1) is 14.6. The molecule has 0 unspecified atom stereocenters. The summed E-state index contributed by atoms with van der Waals surface area (Å²) in [5.74, 6) is -0.615. The van der Waals surface area contributed by atoms with E-state index in [0.29, 0.717) is 25.1 Å². The van der Waals surface area contributed by atoms with Crippen molar-refractivity contribution in [2.45, 2.75) is 85.0 Å². The number of unbranched alkanes of at least 4 members (excludes halogenated alkanes) is 1. The molecule has 180 valence electrons. The maximum absolute atomic E-state index is 12.6. The van der Waals surface area contributed by atoms with Crippen molar-refractivity contribution in [2.75, 3.05) is 11.9 Å². The number of urea groups is 1. The maximum Gasteiger partial charge on any atom is 0.407 e.